The lowest BCUT2D eigenvalue weighted by Crippen LogP contribution is -2.03. The molecule has 3 aromatic rings. The van der Waals surface area contributed by atoms with Gasteiger partial charge >= 0.3 is 0 Å². The van der Waals surface area contributed by atoms with E-state index in [-0.39, 0.29) is 0 Å². The van der Waals surface area contributed by atoms with E-state index in [1.165, 1.54) is 17.7 Å². The molecule has 124 valence electrons. The second-order valence-electron chi connectivity index (χ2n) is 5.54. The minimum absolute atomic E-state index is 0.562. The van der Waals surface area contributed by atoms with Crippen LogP contribution in [0.2, 0.25) is 0 Å². The fourth-order valence-corrected chi connectivity index (χ4v) is 4.23. The monoisotopic (exact) mass is 421 g/mol. The van der Waals surface area contributed by atoms with E-state index in [0.717, 1.165) is 27.0 Å². The minimum atomic E-state index is 0.562. The van der Waals surface area contributed by atoms with Gasteiger partial charge in [0.1, 0.15) is 5.75 Å². The number of ether oxygens (including phenoxy) is 1. The smallest absolute Gasteiger partial charge is 0.191 e. The normalized spacial score (nSPS) is 14.0. The average Bonchev–Trinajstić information content (AvgIpc) is 3.11. The van der Waals surface area contributed by atoms with E-state index < -0.39 is 0 Å². The molecule has 0 saturated heterocycles. The first-order valence-electron chi connectivity index (χ1n) is 7.81. The fourth-order valence-electron chi connectivity index (χ4n) is 2.43. The number of hydrogen-bond donors (Lipinski definition) is 0. The number of rotatable bonds is 7. The third kappa shape index (κ3) is 3.68. The van der Waals surface area contributed by atoms with Gasteiger partial charge in [-0.05, 0) is 48.6 Å². The predicted octanol–water partition coefficient (Wildman–Crippen LogP) is 5.28. The van der Waals surface area contributed by atoms with Crippen LogP contribution in [0, 0.1) is 0 Å². The van der Waals surface area contributed by atoms with E-state index >= 15 is 0 Å². The summed E-state index contributed by atoms with van der Waals surface area (Å²) in [6.07, 6.45) is 2.44. The Kier molecular flexibility index (Phi) is 4.91. The Labute approximate surface area is 157 Å². The molecule has 0 unspecified atom stereocenters. The van der Waals surface area contributed by atoms with Gasteiger partial charge in [-0.15, -0.1) is 21.5 Å². The number of benzene rings is 1. The second-order valence-corrected chi connectivity index (χ2v) is 8.46. The first-order valence-corrected chi connectivity index (χ1v) is 10.5. The molecule has 0 bridgehead atoms. The maximum Gasteiger partial charge on any atom is 0.191 e. The topological polar surface area (TPSA) is 39.9 Å². The first-order chi connectivity index (χ1) is 11.8. The van der Waals surface area contributed by atoms with Crippen LogP contribution in [-0.2, 0) is 0 Å². The van der Waals surface area contributed by atoms with Gasteiger partial charge in [0.25, 0.3) is 0 Å². The van der Waals surface area contributed by atoms with Crippen LogP contribution in [-0.4, -0.2) is 27.1 Å². The van der Waals surface area contributed by atoms with Gasteiger partial charge in [0.15, 0.2) is 11.0 Å². The maximum atomic E-state index is 5.78. The molecule has 2 heterocycles. The summed E-state index contributed by atoms with van der Waals surface area (Å²) in [4.78, 5) is 1.19. The van der Waals surface area contributed by atoms with Gasteiger partial charge in [-0.25, -0.2) is 0 Å². The van der Waals surface area contributed by atoms with Crippen LogP contribution < -0.4 is 4.74 Å². The molecule has 1 saturated carbocycles. The number of thiophene rings is 1. The molecular weight excluding hydrogens is 406 g/mol. The Morgan fingerprint density at radius 3 is 2.75 bits per heavy atom. The van der Waals surface area contributed by atoms with Gasteiger partial charge in [0.2, 0.25) is 0 Å². The largest absolute Gasteiger partial charge is 0.493 e. The molecule has 1 aliphatic rings. The number of thioether (sulfide) groups is 1. The van der Waals surface area contributed by atoms with Crippen molar-refractivity contribution >= 4 is 39.0 Å². The van der Waals surface area contributed by atoms with Crippen molar-refractivity contribution in [2.24, 2.45) is 0 Å². The lowest BCUT2D eigenvalue weighted by Gasteiger charge is -2.08. The van der Waals surface area contributed by atoms with Crippen molar-refractivity contribution in [1.29, 1.82) is 0 Å². The molecule has 1 aromatic carbocycles. The molecule has 0 radical (unpaired) electrons. The highest BCUT2D eigenvalue weighted by Crippen LogP contribution is 2.41. The Morgan fingerprint density at radius 1 is 1.21 bits per heavy atom. The van der Waals surface area contributed by atoms with Gasteiger partial charge in [-0.1, -0.05) is 33.8 Å². The van der Waals surface area contributed by atoms with Crippen molar-refractivity contribution < 1.29 is 4.74 Å². The third-order valence-electron chi connectivity index (χ3n) is 3.71. The summed E-state index contributed by atoms with van der Waals surface area (Å²) in [6.45, 7) is 0.651. The molecule has 0 atom stereocenters. The summed E-state index contributed by atoms with van der Waals surface area (Å²) in [7, 11) is 0. The van der Waals surface area contributed by atoms with Gasteiger partial charge in [0, 0.05) is 16.3 Å². The van der Waals surface area contributed by atoms with Crippen LogP contribution in [0.15, 0.2) is 51.4 Å². The zero-order valence-electron chi connectivity index (χ0n) is 12.9. The van der Waals surface area contributed by atoms with Crippen molar-refractivity contribution in [1.82, 2.24) is 14.8 Å². The van der Waals surface area contributed by atoms with Crippen molar-refractivity contribution in [3.05, 3.63) is 46.3 Å². The Hall–Kier alpha value is -1.31. The summed E-state index contributed by atoms with van der Waals surface area (Å²) in [5.41, 5.74) is 0. The SMILES string of the molecule is Brc1ccc(OCCSc2nnc(-c3cccs3)n2C2CC2)cc1. The first kappa shape index (κ1) is 16.2. The van der Waals surface area contributed by atoms with E-state index in [2.05, 4.69) is 48.2 Å². The second kappa shape index (κ2) is 7.29. The highest BCUT2D eigenvalue weighted by molar-refractivity contribution is 9.10. The summed E-state index contributed by atoms with van der Waals surface area (Å²) in [5, 5.41) is 11.9. The highest BCUT2D eigenvalue weighted by atomic mass is 79.9. The molecule has 2 aromatic heterocycles. The number of nitrogens with zero attached hydrogens (tertiary/aromatic N) is 3. The zero-order valence-corrected chi connectivity index (χ0v) is 16.1. The van der Waals surface area contributed by atoms with Gasteiger partial charge in [0.05, 0.1) is 11.5 Å². The van der Waals surface area contributed by atoms with E-state index in [1.807, 2.05) is 24.3 Å². The van der Waals surface area contributed by atoms with Crippen LogP contribution in [0.4, 0.5) is 0 Å². The van der Waals surface area contributed by atoms with Crippen molar-refractivity contribution in [3.63, 3.8) is 0 Å². The fraction of sp³-hybridized carbons (Fsp3) is 0.294. The molecule has 0 N–H and O–H groups in total. The average molecular weight is 422 g/mol. The zero-order chi connectivity index (χ0) is 16.4. The highest BCUT2D eigenvalue weighted by Gasteiger charge is 2.30. The van der Waals surface area contributed by atoms with E-state index in [9.17, 15) is 0 Å². The molecule has 0 amide bonds. The Morgan fingerprint density at radius 2 is 2.04 bits per heavy atom. The molecule has 7 heteroatoms. The quantitative estimate of drug-likeness (QED) is 0.384. The van der Waals surface area contributed by atoms with Crippen molar-refractivity contribution in [2.45, 2.75) is 24.0 Å². The lowest BCUT2D eigenvalue weighted by molar-refractivity contribution is 0.343. The molecule has 4 rings (SSSR count). The van der Waals surface area contributed by atoms with Crippen LogP contribution in [0.3, 0.4) is 0 Å². The Balaban J connectivity index is 1.39. The van der Waals surface area contributed by atoms with E-state index in [0.29, 0.717) is 12.6 Å². The predicted molar refractivity (Wildman–Crippen MR) is 102 cm³/mol. The van der Waals surface area contributed by atoms with Crippen LogP contribution in [0.5, 0.6) is 5.75 Å². The summed E-state index contributed by atoms with van der Waals surface area (Å²) in [6, 6.07) is 12.6. The van der Waals surface area contributed by atoms with Crippen LogP contribution >= 0.6 is 39.0 Å². The van der Waals surface area contributed by atoms with Gasteiger partial charge in [-0.2, -0.15) is 0 Å². The van der Waals surface area contributed by atoms with E-state index in [4.69, 9.17) is 4.74 Å². The summed E-state index contributed by atoms with van der Waals surface area (Å²) in [5.74, 6) is 2.75. The number of hydrogen-bond acceptors (Lipinski definition) is 5. The van der Waals surface area contributed by atoms with Gasteiger partial charge in [-0.3, -0.25) is 4.57 Å². The molecule has 1 fully saturated rings. The number of aromatic nitrogens is 3. The van der Waals surface area contributed by atoms with E-state index in [1.54, 1.807) is 23.1 Å². The van der Waals surface area contributed by atoms with Crippen molar-refractivity contribution in [3.8, 4) is 16.5 Å². The summed E-state index contributed by atoms with van der Waals surface area (Å²) >= 11 is 6.86. The molecule has 1 aliphatic carbocycles. The lowest BCUT2D eigenvalue weighted by atomic mass is 10.3. The molecule has 4 nitrogen and oxygen atoms in total. The summed E-state index contributed by atoms with van der Waals surface area (Å²) < 4.78 is 9.14. The van der Waals surface area contributed by atoms with Crippen LogP contribution in [0.1, 0.15) is 18.9 Å². The minimum Gasteiger partial charge on any atom is -0.493 e. The number of halogens is 1. The molecule has 0 aliphatic heterocycles. The van der Waals surface area contributed by atoms with Gasteiger partial charge < -0.3 is 4.74 Å². The third-order valence-corrected chi connectivity index (χ3v) is 6.02. The maximum absolute atomic E-state index is 5.78. The van der Waals surface area contributed by atoms with Crippen molar-refractivity contribution in [2.75, 3.05) is 12.4 Å². The van der Waals surface area contributed by atoms with Crippen LogP contribution in [0.25, 0.3) is 10.7 Å². The molecule has 0 spiro atoms. The standard InChI is InChI=1S/C17H16BrN3OS2/c18-12-3-7-14(8-4-12)22-9-11-24-17-20-19-16(15-2-1-10-23-15)21(17)13-5-6-13/h1-4,7-8,10,13H,5-6,9,11H2. The Bertz CT molecular complexity index is 798. The molecule has 24 heavy (non-hydrogen) atoms. The molecular formula is C17H16BrN3OS2.